The van der Waals surface area contributed by atoms with E-state index in [0.29, 0.717) is 0 Å². The first-order valence-corrected chi connectivity index (χ1v) is 7.02. The average Bonchev–Trinajstić information content (AvgIpc) is 2.30. The molecule has 1 atom stereocenters. The smallest absolute Gasteiger partial charge is 0.240 e. The number of hydrogen-bond donors (Lipinski definition) is 2. The highest BCUT2D eigenvalue weighted by Gasteiger charge is 2.20. The molecule has 0 heterocycles. The maximum Gasteiger partial charge on any atom is 0.240 e. The van der Waals surface area contributed by atoms with Gasteiger partial charge in [0, 0.05) is 6.04 Å². The fraction of sp³-hybridized carbons (Fsp3) is 0.333. The van der Waals surface area contributed by atoms with Gasteiger partial charge in [-0.2, -0.15) is 0 Å². The molecule has 0 aromatic heterocycles. The van der Waals surface area contributed by atoms with Crippen LogP contribution in [0.4, 0.5) is 0 Å². The first-order chi connectivity index (χ1) is 8.08. The first-order valence-electron chi connectivity index (χ1n) is 5.54. The van der Waals surface area contributed by atoms with Gasteiger partial charge in [0.1, 0.15) is 5.75 Å². The summed E-state index contributed by atoms with van der Waals surface area (Å²) in [6.45, 7) is 0. The molecule has 0 saturated carbocycles. The molecule has 92 valence electrons. The molecule has 0 spiro atoms. The summed E-state index contributed by atoms with van der Waals surface area (Å²) in [5.74, 6) is -0.0450. The van der Waals surface area contributed by atoms with E-state index in [9.17, 15) is 13.5 Å². The minimum Gasteiger partial charge on any atom is -0.508 e. The minimum absolute atomic E-state index is 0.0450. The topological polar surface area (TPSA) is 66.4 Å². The predicted molar refractivity (Wildman–Crippen MR) is 65.2 cm³/mol. The molecule has 2 rings (SSSR count). The lowest BCUT2D eigenvalue weighted by Gasteiger charge is -2.19. The number of aromatic hydroxyl groups is 1. The Balaban J connectivity index is 2.16. The zero-order valence-electron chi connectivity index (χ0n) is 9.33. The van der Waals surface area contributed by atoms with E-state index < -0.39 is 10.0 Å². The van der Waals surface area contributed by atoms with E-state index in [1.807, 2.05) is 6.08 Å². The van der Waals surface area contributed by atoms with Crippen LogP contribution in [-0.4, -0.2) is 19.6 Å². The van der Waals surface area contributed by atoms with Crippen molar-refractivity contribution in [1.82, 2.24) is 4.72 Å². The Hall–Kier alpha value is -1.33. The molecule has 0 aliphatic heterocycles. The van der Waals surface area contributed by atoms with Crippen LogP contribution >= 0.6 is 0 Å². The van der Waals surface area contributed by atoms with Crippen LogP contribution in [0.1, 0.15) is 19.3 Å². The van der Waals surface area contributed by atoms with Crippen LogP contribution in [-0.2, 0) is 10.0 Å². The molecule has 0 amide bonds. The van der Waals surface area contributed by atoms with Crippen LogP contribution in [0.5, 0.6) is 5.75 Å². The third-order valence-corrected chi connectivity index (χ3v) is 4.24. The number of allylic oxidation sites excluding steroid dienone is 1. The number of sulfonamides is 1. The van der Waals surface area contributed by atoms with Crippen LogP contribution in [0.3, 0.4) is 0 Å². The number of hydrogen-bond acceptors (Lipinski definition) is 3. The fourth-order valence-electron chi connectivity index (χ4n) is 1.84. The summed E-state index contributed by atoms with van der Waals surface area (Å²) in [5, 5.41) is 9.28. The van der Waals surface area contributed by atoms with Gasteiger partial charge < -0.3 is 5.11 Å². The molecular weight excluding hydrogens is 238 g/mol. The molecule has 1 aliphatic rings. The Bertz CT molecular complexity index is 522. The molecule has 1 aliphatic carbocycles. The molecule has 0 radical (unpaired) electrons. The van der Waals surface area contributed by atoms with Gasteiger partial charge in [-0.15, -0.1) is 0 Å². The molecule has 0 saturated heterocycles. The highest BCUT2D eigenvalue weighted by molar-refractivity contribution is 7.89. The van der Waals surface area contributed by atoms with Crippen molar-refractivity contribution < 1.29 is 13.5 Å². The second-order valence-corrected chi connectivity index (χ2v) is 5.81. The summed E-state index contributed by atoms with van der Waals surface area (Å²) < 4.78 is 26.7. The molecule has 0 bridgehead atoms. The van der Waals surface area contributed by atoms with Crippen molar-refractivity contribution in [3.63, 3.8) is 0 Å². The van der Waals surface area contributed by atoms with Crippen molar-refractivity contribution in [2.45, 2.75) is 30.2 Å². The lowest BCUT2D eigenvalue weighted by molar-refractivity contribution is 0.472. The maximum atomic E-state index is 12.0. The first kappa shape index (κ1) is 12.1. The maximum absolute atomic E-state index is 12.0. The Morgan fingerprint density at radius 1 is 1.29 bits per heavy atom. The lowest BCUT2D eigenvalue weighted by atomic mass is 10.0. The molecule has 1 aromatic rings. The van der Waals surface area contributed by atoms with Gasteiger partial charge >= 0.3 is 0 Å². The Labute approximate surface area is 101 Å². The van der Waals surface area contributed by atoms with E-state index in [1.54, 1.807) is 0 Å². The molecule has 1 unspecified atom stereocenters. The zero-order chi connectivity index (χ0) is 12.3. The van der Waals surface area contributed by atoms with Crippen molar-refractivity contribution >= 4 is 10.0 Å². The number of phenolic OH excluding ortho intramolecular Hbond substituents is 1. The third kappa shape index (κ3) is 3.08. The number of nitrogens with one attached hydrogen (secondary N) is 1. The lowest BCUT2D eigenvalue weighted by Crippen LogP contribution is -2.35. The van der Waals surface area contributed by atoms with Gasteiger partial charge in [-0.05, 0) is 37.5 Å². The van der Waals surface area contributed by atoms with Crippen molar-refractivity contribution in [3.8, 4) is 5.75 Å². The Kier molecular flexibility index (Phi) is 3.49. The monoisotopic (exact) mass is 253 g/mol. The van der Waals surface area contributed by atoms with Gasteiger partial charge in [-0.1, -0.05) is 18.2 Å². The Morgan fingerprint density at radius 3 is 2.76 bits per heavy atom. The molecular formula is C12H15NO3S. The van der Waals surface area contributed by atoms with E-state index in [-0.39, 0.29) is 16.7 Å². The highest BCUT2D eigenvalue weighted by Crippen LogP contribution is 2.18. The van der Waals surface area contributed by atoms with Gasteiger partial charge in [-0.3, -0.25) is 0 Å². The summed E-state index contributed by atoms with van der Waals surface area (Å²) in [6, 6.07) is 5.64. The van der Waals surface area contributed by atoms with E-state index in [2.05, 4.69) is 10.8 Å². The van der Waals surface area contributed by atoms with Gasteiger partial charge in [0.05, 0.1) is 4.90 Å². The highest BCUT2D eigenvalue weighted by atomic mass is 32.2. The molecule has 17 heavy (non-hydrogen) atoms. The van der Waals surface area contributed by atoms with E-state index >= 15 is 0 Å². The molecule has 2 N–H and O–H groups in total. The summed E-state index contributed by atoms with van der Waals surface area (Å²) in [4.78, 5) is 0.104. The van der Waals surface area contributed by atoms with Crippen LogP contribution in [0.2, 0.25) is 0 Å². The van der Waals surface area contributed by atoms with E-state index in [4.69, 9.17) is 0 Å². The average molecular weight is 253 g/mol. The summed E-state index contributed by atoms with van der Waals surface area (Å²) in [6.07, 6.45) is 6.47. The fourth-order valence-corrected chi connectivity index (χ4v) is 3.16. The summed E-state index contributed by atoms with van der Waals surface area (Å²) >= 11 is 0. The second-order valence-electron chi connectivity index (χ2n) is 4.10. The largest absolute Gasteiger partial charge is 0.508 e. The van der Waals surface area contributed by atoms with Crippen LogP contribution in [0, 0.1) is 0 Å². The van der Waals surface area contributed by atoms with Crippen molar-refractivity contribution in [1.29, 1.82) is 0 Å². The molecule has 1 aromatic carbocycles. The van der Waals surface area contributed by atoms with Crippen molar-refractivity contribution in [2.75, 3.05) is 0 Å². The number of rotatable bonds is 3. The van der Waals surface area contributed by atoms with Gasteiger partial charge in [-0.25, -0.2) is 13.1 Å². The second kappa shape index (κ2) is 4.89. The summed E-state index contributed by atoms with van der Waals surface area (Å²) in [5.41, 5.74) is 0. The van der Waals surface area contributed by atoms with Gasteiger partial charge in [0.25, 0.3) is 0 Å². The van der Waals surface area contributed by atoms with E-state index in [1.165, 1.54) is 24.3 Å². The zero-order valence-corrected chi connectivity index (χ0v) is 10.2. The standard InChI is InChI=1S/C12H15NO3S/c14-11-7-4-8-12(9-11)17(15,16)13-10-5-2-1-3-6-10/h1-2,4,7-10,13-14H,3,5-6H2. The number of phenols is 1. The van der Waals surface area contributed by atoms with Crippen molar-refractivity contribution in [2.24, 2.45) is 0 Å². The predicted octanol–water partition coefficient (Wildman–Crippen LogP) is 1.78. The molecule has 0 fully saturated rings. The van der Waals surface area contributed by atoms with E-state index in [0.717, 1.165) is 19.3 Å². The summed E-state index contributed by atoms with van der Waals surface area (Å²) in [7, 11) is -3.53. The normalized spacial score (nSPS) is 20.4. The van der Waals surface area contributed by atoms with Crippen LogP contribution in [0.25, 0.3) is 0 Å². The van der Waals surface area contributed by atoms with Gasteiger partial charge in [0.2, 0.25) is 10.0 Å². The van der Waals surface area contributed by atoms with Crippen LogP contribution in [0.15, 0.2) is 41.3 Å². The quantitative estimate of drug-likeness (QED) is 0.807. The Morgan fingerprint density at radius 2 is 2.12 bits per heavy atom. The number of benzene rings is 1. The minimum atomic E-state index is -3.53. The van der Waals surface area contributed by atoms with Gasteiger partial charge in [0.15, 0.2) is 0 Å². The van der Waals surface area contributed by atoms with Crippen LogP contribution < -0.4 is 4.72 Å². The molecule has 4 nitrogen and oxygen atoms in total. The third-order valence-electron chi connectivity index (χ3n) is 2.72. The SMILES string of the molecule is O=S(=O)(NC1CC=CCC1)c1cccc(O)c1. The molecule has 5 heteroatoms. The van der Waals surface area contributed by atoms with Crippen molar-refractivity contribution in [3.05, 3.63) is 36.4 Å².